The van der Waals surface area contributed by atoms with Gasteiger partial charge in [-0.3, -0.25) is 9.89 Å². The quantitative estimate of drug-likeness (QED) is 0.571. The van der Waals surface area contributed by atoms with E-state index >= 15 is 0 Å². The van der Waals surface area contributed by atoms with Crippen molar-refractivity contribution >= 4 is 22.5 Å². The lowest BCUT2D eigenvalue weighted by molar-refractivity contribution is 0.102. The fourth-order valence-corrected chi connectivity index (χ4v) is 3.03. The summed E-state index contributed by atoms with van der Waals surface area (Å²) in [6, 6.07) is 15.1. The van der Waals surface area contributed by atoms with Crippen molar-refractivity contribution in [3.8, 4) is 11.4 Å². The Labute approximate surface area is 156 Å². The molecule has 2 aromatic heterocycles. The topological polar surface area (TPSA) is 84.8 Å². The Bertz CT molecular complexity index is 1100. The zero-order valence-corrected chi connectivity index (χ0v) is 15.1. The normalized spacial score (nSPS) is 11.0. The van der Waals surface area contributed by atoms with E-state index in [4.69, 9.17) is 4.74 Å². The van der Waals surface area contributed by atoms with Gasteiger partial charge in [0.05, 0.1) is 0 Å². The number of amides is 1. The molecule has 2 N–H and O–H groups in total. The van der Waals surface area contributed by atoms with Gasteiger partial charge in [0.2, 0.25) is 0 Å². The molecule has 27 heavy (non-hydrogen) atoms. The maximum absolute atomic E-state index is 12.7. The largest absolute Gasteiger partial charge is 0.377 e. The molecule has 4 rings (SSSR count). The van der Waals surface area contributed by atoms with Crippen LogP contribution in [-0.4, -0.2) is 32.8 Å². The number of ether oxygens (including phenoxy) is 1. The van der Waals surface area contributed by atoms with Gasteiger partial charge < -0.3 is 14.6 Å². The highest BCUT2D eigenvalue weighted by Crippen LogP contribution is 2.22. The predicted molar refractivity (Wildman–Crippen MR) is 103 cm³/mol. The molecule has 7 nitrogen and oxygen atoms in total. The van der Waals surface area contributed by atoms with Crippen molar-refractivity contribution in [1.82, 2.24) is 19.7 Å². The molecule has 1 amide bonds. The molecule has 7 heteroatoms. The zero-order chi connectivity index (χ0) is 18.8. The molecule has 0 radical (unpaired) electrons. The highest BCUT2D eigenvalue weighted by atomic mass is 16.5. The van der Waals surface area contributed by atoms with Crippen LogP contribution in [0.15, 0.2) is 54.7 Å². The number of carbonyl (C=O) groups excluding carboxylic acids is 1. The smallest absolute Gasteiger partial charge is 0.256 e. The highest BCUT2D eigenvalue weighted by Gasteiger charge is 2.12. The number of benzene rings is 2. The SMILES string of the molecule is COCc1nc(-c2ccc(NC(=O)c3cccc4c3ccn4C)cc2)n[nH]1. The molecule has 136 valence electrons. The molecule has 0 aliphatic carbocycles. The lowest BCUT2D eigenvalue weighted by atomic mass is 10.1. The first-order chi connectivity index (χ1) is 13.2. The third-order valence-electron chi connectivity index (χ3n) is 4.39. The maximum atomic E-state index is 12.7. The fraction of sp³-hybridized carbons (Fsp3) is 0.150. The summed E-state index contributed by atoms with van der Waals surface area (Å²) in [5, 5.41) is 10.9. The third-order valence-corrected chi connectivity index (χ3v) is 4.39. The monoisotopic (exact) mass is 361 g/mol. The van der Waals surface area contributed by atoms with Gasteiger partial charge in [0, 0.05) is 48.1 Å². The lowest BCUT2D eigenvalue weighted by Gasteiger charge is -2.07. The Morgan fingerprint density at radius 1 is 1.19 bits per heavy atom. The van der Waals surface area contributed by atoms with E-state index in [0.29, 0.717) is 29.5 Å². The van der Waals surface area contributed by atoms with Crippen LogP contribution in [0.4, 0.5) is 5.69 Å². The van der Waals surface area contributed by atoms with E-state index in [1.165, 1.54) is 0 Å². The maximum Gasteiger partial charge on any atom is 0.256 e. The molecule has 2 heterocycles. The second kappa shape index (κ2) is 7.05. The molecule has 0 saturated carbocycles. The number of hydrogen-bond acceptors (Lipinski definition) is 4. The number of anilines is 1. The van der Waals surface area contributed by atoms with E-state index in [1.54, 1.807) is 7.11 Å². The van der Waals surface area contributed by atoms with Crippen molar-refractivity contribution in [2.75, 3.05) is 12.4 Å². The summed E-state index contributed by atoms with van der Waals surface area (Å²) >= 11 is 0. The Hall–Kier alpha value is -3.45. The van der Waals surface area contributed by atoms with Crippen LogP contribution in [0.1, 0.15) is 16.2 Å². The molecule has 0 atom stereocenters. The first-order valence-electron chi connectivity index (χ1n) is 8.52. The Morgan fingerprint density at radius 3 is 2.78 bits per heavy atom. The zero-order valence-electron chi connectivity index (χ0n) is 15.1. The number of hydrogen-bond donors (Lipinski definition) is 2. The molecular formula is C20H19N5O2. The summed E-state index contributed by atoms with van der Waals surface area (Å²) in [4.78, 5) is 17.1. The standard InChI is InChI=1S/C20H19N5O2/c1-25-11-10-15-16(4-3-5-17(15)25)20(26)21-14-8-6-13(7-9-14)19-22-18(12-27-2)23-24-19/h3-11H,12H2,1-2H3,(H,21,26)(H,22,23,24). The van der Waals surface area contributed by atoms with Crippen LogP contribution >= 0.6 is 0 Å². The van der Waals surface area contributed by atoms with Gasteiger partial charge in [-0.2, -0.15) is 5.10 Å². The van der Waals surface area contributed by atoms with Gasteiger partial charge in [-0.05, 0) is 42.5 Å². The number of methoxy groups -OCH3 is 1. The van der Waals surface area contributed by atoms with Gasteiger partial charge in [-0.1, -0.05) is 6.07 Å². The number of nitrogens with zero attached hydrogens (tertiary/aromatic N) is 3. The Kier molecular flexibility index (Phi) is 4.43. The molecule has 0 saturated heterocycles. The van der Waals surface area contributed by atoms with Crippen molar-refractivity contribution < 1.29 is 9.53 Å². The van der Waals surface area contributed by atoms with Crippen molar-refractivity contribution in [3.63, 3.8) is 0 Å². The number of aromatic nitrogens is 4. The predicted octanol–water partition coefficient (Wildman–Crippen LogP) is 3.36. The summed E-state index contributed by atoms with van der Waals surface area (Å²) in [5.41, 5.74) is 3.24. The second-order valence-electron chi connectivity index (χ2n) is 6.24. The molecule has 0 aliphatic rings. The second-order valence-corrected chi connectivity index (χ2v) is 6.24. The molecule has 0 aliphatic heterocycles. The van der Waals surface area contributed by atoms with E-state index < -0.39 is 0 Å². The summed E-state index contributed by atoms with van der Waals surface area (Å²) in [6.45, 7) is 0.381. The molecular weight excluding hydrogens is 342 g/mol. The summed E-state index contributed by atoms with van der Waals surface area (Å²) in [6.07, 6.45) is 1.95. The van der Waals surface area contributed by atoms with Gasteiger partial charge >= 0.3 is 0 Å². The van der Waals surface area contributed by atoms with Gasteiger partial charge in [-0.25, -0.2) is 4.98 Å². The van der Waals surface area contributed by atoms with Gasteiger partial charge in [-0.15, -0.1) is 0 Å². The first-order valence-corrected chi connectivity index (χ1v) is 8.52. The summed E-state index contributed by atoms with van der Waals surface area (Å²) in [5.74, 6) is 1.12. The van der Waals surface area contributed by atoms with E-state index in [0.717, 1.165) is 16.5 Å². The van der Waals surface area contributed by atoms with E-state index in [1.807, 2.05) is 66.3 Å². The van der Waals surface area contributed by atoms with Crippen LogP contribution < -0.4 is 5.32 Å². The number of carbonyl (C=O) groups is 1. The average Bonchev–Trinajstić information content (AvgIpc) is 3.30. The van der Waals surface area contributed by atoms with Crippen LogP contribution in [0.3, 0.4) is 0 Å². The highest BCUT2D eigenvalue weighted by molar-refractivity contribution is 6.12. The van der Waals surface area contributed by atoms with Crippen molar-refractivity contribution in [3.05, 3.63) is 66.1 Å². The van der Waals surface area contributed by atoms with E-state index in [-0.39, 0.29) is 5.91 Å². The minimum absolute atomic E-state index is 0.139. The molecule has 0 spiro atoms. The number of rotatable bonds is 5. The minimum Gasteiger partial charge on any atom is -0.377 e. The van der Waals surface area contributed by atoms with Gasteiger partial charge in [0.1, 0.15) is 6.61 Å². The number of H-pyrrole nitrogens is 1. The molecule has 0 unspecified atom stereocenters. The molecule has 0 fully saturated rings. The number of fused-ring (bicyclic) bond motifs is 1. The van der Waals surface area contributed by atoms with Crippen LogP contribution in [-0.2, 0) is 18.4 Å². The van der Waals surface area contributed by atoms with Crippen LogP contribution in [0, 0.1) is 0 Å². The Morgan fingerprint density at radius 2 is 2.00 bits per heavy atom. The van der Waals surface area contributed by atoms with Crippen LogP contribution in [0.5, 0.6) is 0 Å². The summed E-state index contributed by atoms with van der Waals surface area (Å²) < 4.78 is 7.03. The van der Waals surface area contributed by atoms with Crippen molar-refractivity contribution in [2.45, 2.75) is 6.61 Å². The van der Waals surface area contributed by atoms with E-state index in [9.17, 15) is 4.79 Å². The fourth-order valence-electron chi connectivity index (χ4n) is 3.03. The third kappa shape index (κ3) is 3.32. The number of nitrogens with one attached hydrogen (secondary N) is 2. The average molecular weight is 361 g/mol. The molecule has 0 bridgehead atoms. The molecule has 4 aromatic rings. The van der Waals surface area contributed by atoms with Gasteiger partial charge in [0.15, 0.2) is 11.6 Å². The number of aromatic amines is 1. The Balaban J connectivity index is 1.53. The summed E-state index contributed by atoms with van der Waals surface area (Å²) in [7, 11) is 3.57. The van der Waals surface area contributed by atoms with Crippen LogP contribution in [0.25, 0.3) is 22.3 Å². The van der Waals surface area contributed by atoms with Crippen LogP contribution in [0.2, 0.25) is 0 Å². The number of aryl methyl sites for hydroxylation is 1. The first kappa shape index (κ1) is 17.0. The van der Waals surface area contributed by atoms with E-state index in [2.05, 4.69) is 20.5 Å². The lowest BCUT2D eigenvalue weighted by Crippen LogP contribution is -2.12. The van der Waals surface area contributed by atoms with Gasteiger partial charge in [0.25, 0.3) is 5.91 Å². The molecule has 2 aromatic carbocycles. The van der Waals surface area contributed by atoms with Crippen molar-refractivity contribution in [1.29, 1.82) is 0 Å². The minimum atomic E-state index is -0.139. The van der Waals surface area contributed by atoms with Crippen molar-refractivity contribution in [2.24, 2.45) is 7.05 Å².